The zero-order chi connectivity index (χ0) is 18.0. The second-order valence-electron chi connectivity index (χ2n) is 6.44. The van der Waals surface area contributed by atoms with Gasteiger partial charge in [0.1, 0.15) is 11.4 Å². The fourth-order valence-electron chi connectivity index (χ4n) is 3.13. The molecule has 1 atom stereocenters. The van der Waals surface area contributed by atoms with Gasteiger partial charge in [-0.05, 0) is 37.7 Å². The number of fused-ring (bicyclic) bond motifs is 3. The molecule has 2 N–H and O–H groups in total. The van der Waals surface area contributed by atoms with E-state index in [1.807, 2.05) is 6.92 Å². The molecule has 0 aromatic carbocycles. The van der Waals surface area contributed by atoms with E-state index in [2.05, 4.69) is 22.5 Å². The third-order valence-corrected chi connectivity index (χ3v) is 5.58. The van der Waals surface area contributed by atoms with E-state index in [4.69, 9.17) is 0 Å². The summed E-state index contributed by atoms with van der Waals surface area (Å²) in [5.41, 5.74) is 0.929. The molecule has 2 aromatic rings. The normalized spacial score (nSPS) is 16.5. The third-order valence-electron chi connectivity index (χ3n) is 4.42. The predicted octanol–water partition coefficient (Wildman–Crippen LogP) is 0.835. The molecule has 25 heavy (non-hydrogen) atoms. The summed E-state index contributed by atoms with van der Waals surface area (Å²) < 4.78 is 1.32. The Morgan fingerprint density at radius 1 is 1.36 bits per heavy atom. The third kappa shape index (κ3) is 3.73. The van der Waals surface area contributed by atoms with Gasteiger partial charge in [0.05, 0.1) is 18.3 Å². The highest BCUT2D eigenvalue weighted by molar-refractivity contribution is 7.18. The lowest BCUT2D eigenvalue weighted by atomic mass is 9.89. The van der Waals surface area contributed by atoms with Crippen molar-refractivity contribution in [3.05, 3.63) is 27.1 Å². The summed E-state index contributed by atoms with van der Waals surface area (Å²) in [5, 5.41) is 5.78. The van der Waals surface area contributed by atoms with E-state index in [0.29, 0.717) is 17.8 Å². The standard InChI is InChI=1S/C17H22N4O3S/c1-3-18-13(22)7-19-14(23)8-21-9-20-16-15(17(21)24)11-5-4-10(2)6-12(11)25-16/h9-10H,3-8H2,1-2H3,(H,18,22)(H,19,23)/t10-/m0/s1. The summed E-state index contributed by atoms with van der Waals surface area (Å²) in [6.07, 6.45) is 4.37. The van der Waals surface area contributed by atoms with Crippen LogP contribution in [0.15, 0.2) is 11.1 Å². The average molecular weight is 362 g/mol. The second-order valence-corrected chi connectivity index (χ2v) is 7.52. The van der Waals surface area contributed by atoms with Crippen molar-refractivity contribution in [2.75, 3.05) is 13.1 Å². The molecule has 0 unspecified atom stereocenters. The number of nitrogens with one attached hydrogen (secondary N) is 2. The highest BCUT2D eigenvalue weighted by Gasteiger charge is 2.23. The van der Waals surface area contributed by atoms with Crippen LogP contribution < -0.4 is 16.2 Å². The van der Waals surface area contributed by atoms with Crippen LogP contribution in [0.1, 0.15) is 30.7 Å². The molecule has 0 fully saturated rings. The molecule has 2 aromatic heterocycles. The molecular formula is C17H22N4O3S. The van der Waals surface area contributed by atoms with Crippen molar-refractivity contribution in [1.82, 2.24) is 20.2 Å². The molecule has 8 heteroatoms. The summed E-state index contributed by atoms with van der Waals surface area (Å²) in [5.74, 6) is -0.00662. The SMILES string of the molecule is CCNC(=O)CNC(=O)Cn1cnc2sc3c(c2c1=O)CC[C@H](C)C3. The Morgan fingerprint density at radius 2 is 2.16 bits per heavy atom. The van der Waals surface area contributed by atoms with Gasteiger partial charge in [-0.15, -0.1) is 11.3 Å². The number of carbonyl (C=O) groups is 2. The van der Waals surface area contributed by atoms with E-state index in [-0.39, 0.29) is 30.5 Å². The molecule has 0 saturated carbocycles. The van der Waals surface area contributed by atoms with Crippen LogP contribution in [-0.4, -0.2) is 34.5 Å². The predicted molar refractivity (Wildman–Crippen MR) is 96.8 cm³/mol. The number of rotatable bonds is 5. The number of thiophene rings is 1. The molecule has 2 amide bonds. The number of carbonyl (C=O) groups excluding carboxylic acids is 2. The quantitative estimate of drug-likeness (QED) is 0.824. The van der Waals surface area contributed by atoms with E-state index < -0.39 is 0 Å². The summed E-state index contributed by atoms with van der Waals surface area (Å²) in [7, 11) is 0. The van der Waals surface area contributed by atoms with E-state index >= 15 is 0 Å². The van der Waals surface area contributed by atoms with E-state index in [1.54, 1.807) is 11.3 Å². The first-order chi connectivity index (χ1) is 12.0. The molecule has 7 nitrogen and oxygen atoms in total. The van der Waals surface area contributed by atoms with Gasteiger partial charge in [0.2, 0.25) is 11.8 Å². The number of hydrogen-bond donors (Lipinski definition) is 2. The number of aryl methyl sites for hydroxylation is 1. The lowest BCUT2D eigenvalue weighted by Crippen LogP contribution is -2.39. The van der Waals surface area contributed by atoms with Crippen LogP contribution >= 0.6 is 11.3 Å². The Hall–Kier alpha value is -2.22. The van der Waals surface area contributed by atoms with Crippen LogP contribution in [0.25, 0.3) is 10.2 Å². The zero-order valence-electron chi connectivity index (χ0n) is 14.4. The number of aromatic nitrogens is 2. The van der Waals surface area contributed by atoms with Gasteiger partial charge in [0, 0.05) is 11.4 Å². The molecule has 1 aliphatic rings. The number of amides is 2. The molecule has 2 heterocycles. The van der Waals surface area contributed by atoms with Gasteiger partial charge in [-0.3, -0.25) is 19.0 Å². The Labute approximate surface area is 149 Å². The zero-order valence-corrected chi connectivity index (χ0v) is 15.2. The van der Waals surface area contributed by atoms with Crippen molar-refractivity contribution in [3.8, 4) is 0 Å². The summed E-state index contributed by atoms with van der Waals surface area (Å²) >= 11 is 1.59. The summed E-state index contributed by atoms with van der Waals surface area (Å²) in [4.78, 5) is 42.6. The fraction of sp³-hybridized carbons (Fsp3) is 0.529. The maximum Gasteiger partial charge on any atom is 0.262 e. The second kappa shape index (κ2) is 7.35. The van der Waals surface area contributed by atoms with Gasteiger partial charge in [-0.2, -0.15) is 0 Å². The van der Waals surface area contributed by atoms with Gasteiger partial charge in [0.15, 0.2) is 0 Å². The lowest BCUT2D eigenvalue weighted by Gasteiger charge is -2.17. The van der Waals surface area contributed by atoms with Crippen LogP contribution in [0.5, 0.6) is 0 Å². The lowest BCUT2D eigenvalue weighted by molar-refractivity contribution is -0.126. The van der Waals surface area contributed by atoms with Gasteiger partial charge in [-0.1, -0.05) is 6.92 Å². The molecule has 0 aliphatic heterocycles. The van der Waals surface area contributed by atoms with Crippen LogP contribution in [0.2, 0.25) is 0 Å². The van der Waals surface area contributed by atoms with E-state index in [1.165, 1.54) is 15.8 Å². The minimum Gasteiger partial charge on any atom is -0.355 e. The first-order valence-electron chi connectivity index (χ1n) is 8.52. The molecule has 134 valence electrons. The highest BCUT2D eigenvalue weighted by Crippen LogP contribution is 2.35. The fourth-order valence-corrected chi connectivity index (χ4v) is 4.47. The van der Waals surface area contributed by atoms with Gasteiger partial charge in [-0.25, -0.2) is 4.98 Å². The Balaban J connectivity index is 1.79. The van der Waals surface area contributed by atoms with Crippen LogP contribution in [0, 0.1) is 5.92 Å². The van der Waals surface area contributed by atoms with Crippen molar-refractivity contribution in [2.45, 2.75) is 39.7 Å². The largest absolute Gasteiger partial charge is 0.355 e. The maximum atomic E-state index is 12.8. The van der Waals surface area contributed by atoms with Gasteiger partial charge < -0.3 is 10.6 Å². The maximum absolute atomic E-state index is 12.8. The smallest absolute Gasteiger partial charge is 0.262 e. The monoisotopic (exact) mass is 362 g/mol. The van der Waals surface area contributed by atoms with E-state index in [9.17, 15) is 14.4 Å². The Kier molecular flexibility index (Phi) is 5.17. The summed E-state index contributed by atoms with van der Waals surface area (Å²) in [6.45, 7) is 4.31. The average Bonchev–Trinajstić information content (AvgIpc) is 2.94. The molecule has 0 saturated heterocycles. The van der Waals surface area contributed by atoms with E-state index in [0.717, 1.165) is 29.7 Å². The molecule has 0 radical (unpaired) electrons. The van der Waals surface area contributed by atoms with Crippen molar-refractivity contribution < 1.29 is 9.59 Å². The van der Waals surface area contributed by atoms with Crippen LogP contribution in [0.3, 0.4) is 0 Å². The molecule has 0 bridgehead atoms. The Morgan fingerprint density at radius 3 is 2.92 bits per heavy atom. The van der Waals surface area contributed by atoms with Crippen molar-refractivity contribution in [1.29, 1.82) is 0 Å². The molecule has 1 aliphatic carbocycles. The van der Waals surface area contributed by atoms with Crippen molar-refractivity contribution >= 4 is 33.4 Å². The number of hydrogen-bond acceptors (Lipinski definition) is 5. The minimum atomic E-state index is -0.382. The molecule has 0 spiro atoms. The van der Waals surface area contributed by atoms with Crippen molar-refractivity contribution in [2.24, 2.45) is 5.92 Å². The number of likely N-dealkylation sites (N-methyl/N-ethyl adjacent to an activating group) is 1. The molecular weight excluding hydrogens is 340 g/mol. The topological polar surface area (TPSA) is 93.1 Å². The Bertz CT molecular complexity index is 871. The van der Waals surface area contributed by atoms with Crippen LogP contribution in [0.4, 0.5) is 0 Å². The van der Waals surface area contributed by atoms with Crippen LogP contribution in [-0.2, 0) is 29.0 Å². The van der Waals surface area contributed by atoms with Gasteiger partial charge in [0.25, 0.3) is 5.56 Å². The first kappa shape index (κ1) is 17.6. The number of nitrogens with zero attached hydrogens (tertiary/aromatic N) is 2. The van der Waals surface area contributed by atoms with Gasteiger partial charge >= 0.3 is 0 Å². The molecule has 3 rings (SSSR count). The van der Waals surface area contributed by atoms with Crippen molar-refractivity contribution in [3.63, 3.8) is 0 Å². The highest BCUT2D eigenvalue weighted by atomic mass is 32.1. The first-order valence-corrected chi connectivity index (χ1v) is 9.34. The summed E-state index contributed by atoms with van der Waals surface area (Å²) in [6, 6.07) is 0. The minimum absolute atomic E-state index is 0.0944.